The zero-order valence-electron chi connectivity index (χ0n) is 15.1. The molecule has 0 aromatic carbocycles. The summed E-state index contributed by atoms with van der Waals surface area (Å²) in [6.07, 6.45) is 16.3. The minimum absolute atomic E-state index is 0.0161. The summed E-state index contributed by atoms with van der Waals surface area (Å²) >= 11 is 0. The molecule has 0 bridgehead atoms. The van der Waals surface area contributed by atoms with Crippen molar-refractivity contribution in [3.8, 4) is 0 Å². The molecule has 0 aromatic rings. The number of hydrogen-bond donors (Lipinski definition) is 2. The van der Waals surface area contributed by atoms with Gasteiger partial charge in [-0.15, -0.1) is 0 Å². The van der Waals surface area contributed by atoms with Gasteiger partial charge >= 0.3 is 0 Å². The molecule has 136 valence electrons. The first-order valence-electron chi connectivity index (χ1n) is 10.3. The van der Waals surface area contributed by atoms with Crippen LogP contribution in [0.25, 0.3) is 0 Å². The third-order valence-electron chi connectivity index (χ3n) is 6.46. The average Bonchev–Trinajstić information content (AvgIpc) is 2.64. The number of amides is 2. The Balaban J connectivity index is 1.65. The van der Waals surface area contributed by atoms with Gasteiger partial charge in [0.25, 0.3) is 0 Å². The Hall–Kier alpha value is -1.06. The van der Waals surface area contributed by atoms with Gasteiger partial charge in [0.1, 0.15) is 5.41 Å². The van der Waals surface area contributed by atoms with Crippen LogP contribution in [0.1, 0.15) is 96.3 Å². The van der Waals surface area contributed by atoms with E-state index in [0.29, 0.717) is 0 Å². The molecule has 3 aliphatic carbocycles. The molecule has 0 spiro atoms. The molecule has 4 heteroatoms. The Bertz CT molecular complexity index is 397. The standard InChI is InChI=1S/C20H34N2O2/c23-18(21-16-10-4-1-5-11-16)20(14-8-3-9-15-20)19(24)22-17-12-6-2-7-13-17/h16-17H,1-15H2,(H,21,23)(H,22,24). The Morgan fingerprint density at radius 2 is 0.958 bits per heavy atom. The summed E-state index contributed by atoms with van der Waals surface area (Å²) in [6, 6.07) is 0.570. The van der Waals surface area contributed by atoms with Crippen LogP contribution in [0.2, 0.25) is 0 Å². The van der Waals surface area contributed by atoms with Crippen LogP contribution in [0, 0.1) is 5.41 Å². The monoisotopic (exact) mass is 334 g/mol. The third-order valence-corrected chi connectivity index (χ3v) is 6.46. The number of carbonyl (C=O) groups excluding carboxylic acids is 2. The number of carbonyl (C=O) groups is 2. The molecule has 24 heavy (non-hydrogen) atoms. The summed E-state index contributed by atoms with van der Waals surface area (Å²) in [5, 5.41) is 6.50. The van der Waals surface area contributed by atoms with Crippen molar-refractivity contribution in [1.82, 2.24) is 10.6 Å². The van der Waals surface area contributed by atoms with Crippen LogP contribution in [-0.4, -0.2) is 23.9 Å². The molecule has 0 atom stereocenters. The molecular weight excluding hydrogens is 300 g/mol. The number of rotatable bonds is 4. The Morgan fingerprint density at radius 3 is 1.38 bits per heavy atom. The van der Waals surface area contributed by atoms with Gasteiger partial charge < -0.3 is 10.6 Å². The van der Waals surface area contributed by atoms with Crippen LogP contribution in [0.15, 0.2) is 0 Å². The molecule has 3 aliphatic rings. The minimum atomic E-state index is -0.798. The second kappa shape index (κ2) is 8.35. The highest BCUT2D eigenvalue weighted by atomic mass is 16.2. The van der Waals surface area contributed by atoms with E-state index in [1.165, 1.54) is 38.5 Å². The molecule has 4 nitrogen and oxygen atoms in total. The van der Waals surface area contributed by atoms with Crippen LogP contribution in [0.3, 0.4) is 0 Å². The third kappa shape index (κ3) is 4.12. The molecule has 0 aliphatic heterocycles. The highest BCUT2D eigenvalue weighted by Crippen LogP contribution is 2.38. The zero-order valence-corrected chi connectivity index (χ0v) is 15.1. The molecule has 2 N–H and O–H groups in total. The molecular formula is C20H34N2O2. The lowest BCUT2D eigenvalue weighted by Gasteiger charge is -2.38. The fraction of sp³-hybridized carbons (Fsp3) is 0.900. The summed E-state index contributed by atoms with van der Waals surface area (Å²) in [7, 11) is 0. The van der Waals surface area contributed by atoms with Gasteiger partial charge in [-0.3, -0.25) is 9.59 Å². The van der Waals surface area contributed by atoms with E-state index in [1.807, 2.05) is 0 Å². The molecule has 0 radical (unpaired) electrons. The molecule has 0 saturated heterocycles. The van der Waals surface area contributed by atoms with E-state index < -0.39 is 5.41 Å². The molecule has 0 aromatic heterocycles. The van der Waals surface area contributed by atoms with Crippen molar-refractivity contribution in [2.24, 2.45) is 5.41 Å². The van der Waals surface area contributed by atoms with Gasteiger partial charge in [-0.1, -0.05) is 57.8 Å². The van der Waals surface area contributed by atoms with Gasteiger partial charge in [0.05, 0.1) is 0 Å². The number of hydrogen-bond acceptors (Lipinski definition) is 2. The maximum absolute atomic E-state index is 13.1. The predicted octanol–water partition coefficient (Wildman–Crippen LogP) is 3.83. The molecule has 3 saturated carbocycles. The van der Waals surface area contributed by atoms with E-state index in [0.717, 1.165) is 57.8 Å². The summed E-state index contributed by atoms with van der Waals surface area (Å²) < 4.78 is 0. The highest BCUT2D eigenvalue weighted by Gasteiger charge is 2.47. The first kappa shape index (κ1) is 17.8. The summed E-state index contributed by atoms with van der Waals surface area (Å²) in [5.41, 5.74) is -0.798. The van der Waals surface area contributed by atoms with Crippen molar-refractivity contribution in [1.29, 1.82) is 0 Å². The number of nitrogens with one attached hydrogen (secondary N) is 2. The van der Waals surface area contributed by atoms with Gasteiger partial charge in [-0.05, 0) is 38.5 Å². The predicted molar refractivity (Wildman–Crippen MR) is 95.5 cm³/mol. The lowest BCUT2D eigenvalue weighted by atomic mass is 9.72. The van der Waals surface area contributed by atoms with Crippen molar-refractivity contribution in [3.63, 3.8) is 0 Å². The zero-order chi connectivity index (χ0) is 16.8. The molecule has 2 amide bonds. The van der Waals surface area contributed by atoms with E-state index in [1.54, 1.807) is 0 Å². The van der Waals surface area contributed by atoms with Crippen LogP contribution >= 0.6 is 0 Å². The molecule has 3 rings (SSSR count). The SMILES string of the molecule is O=C(NC1CCCCC1)C1(C(=O)NC2CCCCC2)CCCCC1. The van der Waals surface area contributed by atoms with E-state index in [9.17, 15) is 9.59 Å². The fourth-order valence-corrected chi connectivity index (χ4v) is 4.85. The van der Waals surface area contributed by atoms with Crippen LogP contribution in [-0.2, 0) is 9.59 Å². The average molecular weight is 335 g/mol. The van der Waals surface area contributed by atoms with E-state index in [-0.39, 0.29) is 23.9 Å². The smallest absolute Gasteiger partial charge is 0.235 e. The summed E-state index contributed by atoms with van der Waals surface area (Å²) in [4.78, 5) is 26.2. The van der Waals surface area contributed by atoms with Crippen LogP contribution in [0.4, 0.5) is 0 Å². The van der Waals surface area contributed by atoms with Crippen molar-refractivity contribution >= 4 is 11.8 Å². The maximum Gasteiger partial charge on any atom is 0.235 e. The summed E-state index contributed by atoms with van der Waals surface area (Å²) in [5.74, 6) is 0.0322. The summed E-state index contributed by atoms with van der Waals surface area (Å²) in [6.45, 7) is 0. The molecule has 0 unspecified atom stereocenters. The van der Waals surface area contributed by atoms with Gasteiger partial charge in [0.2, 0.25) is 11.8 Å². The largest absolute Gasteiger partial charge is 0.352 e. The first-order chi connectivity index (χ1) is 11.7. The topological polar surface area (TPSA) is 58.2 Å². The second-order valence-corrected chi connectivity index (χ2v) is 8.26. The van der Waals surface area contributed by atoms with Crippen molar-refractivity contribution in [3.05, 3.63) is 0 Å². The minimum Gasteiger partial charge on any atom is -0.352 e. The highest BCUT2D eigenvalue weighted by molar-refractivity contribution is 6.05. The van der Waals surface area contributed by atoms with Crippen molar-refractivity contribution < 1.29 is 9.59 Å². The van der Waals surface area contributed by atoms with Crippen LogP contribution in [0.5, 0.6) is 0 Å². The fourth-order valence-electron chi connectivity index (χ4n) is 4.85. The van der Waals surface area contributed by atoms with E-state index in [2.05, 4.69) is 10.6 Å². The lowest BCUT2D eigenvalue weighted by molar-refractivity contribution is -0.147. The first-order valence-corrected chi connectivity index (χ1v) is 10.3. The quantitative estimate of drug-likeness (QED) is 0.768. The second-order valence-electron chi connectivity index (χ2n) is 8.26. The van der Waals surface area contributed by atoms with E-state index in [4.69, 9.17) is 0 Å². The van der Waals surface area contributed by atoms with Gasteiger partial charge in [0, 0.05) is 12.1 Å². The van der Waals surface area contributed by atoms with Gasteiger partial charge in [-0.25, -0.2) is 0 Å². The molecule has 0 heterocycles. The van der Waals surface area contributed by atoms with E-state index >= 15 is 0 Å². The van der Waals surface area contributed by atoms with Gasteiger partial charge in [0.15, 0.2) is 0 Å². The maximum atomic E-state index is 13.1. The molecule has 3 fully saturated rings. The Kier molecular flexibility index (Phi) is 6.18. The normalized spacial score (nSPS) is 25.8. The lowest BCUT2D eigenvalue weighted by Crippen LogP contribution is -2.56. The Labute approximate surface area is 146 Å². The van der Waals surface area contributed by atoms with Crippen LogP contribution < -0.4 is 10.6 Å². The Morgan fingerprint density at radius 1 is 0.583 bits per heavy atom. The van der Waals surface area contributed by atoms with Gasteiger partial charge in [-0.2, -0.15) is 0 Å². The van der Waals surface area contributed by atoms with Crippen molar-refractivity contribution in [2.45, 2.75) is 108 Å². The van der Waals surface area contributed by atoms with Crippen molar-refractivity contribution in [2.75, 3.05) is 0 Å².